The number of hydrogen-bond donors (Lipinski definition) is 1. The number of anilines is 1. The molecule has 0 saturated heterocycles. The summed E-state index contributed by atoms with van der Waals surface area (Å²) < 4.78 is 9.87. The minimum Gasteiger partial charge on any atom is -0.471 e. The number of aromatic nitrogens is 4. The summed E-state index contributed by atoms with van der Waals surface area (Å²) in [6, 6.07) is 7.13. The molecular weight excluding hydrogens is 386 g/mol. The van der Waals surface area contributed by atoms with E-state index >= 15 is 0 Å². The molecule has 3 rings (SSSR count). The van der Waals surface area contributed by atoms with E-state index in [2.05, 4.69) is 31.4 Å². The summed E-state index contributed by atoms with van der Waals surface area (Å²) >= 11 is 3.38. The third-order valence-corrected chi connectivity index (χ3v) is 4.11. The molecule has 7 nitrogen and oxygen atoms in total. The molecule has 0 bridgehead atoms. The summed E-state index contributed by atoms with van der Waals surface area (Å²) in [7, 11) is 0. The molecule has 25 heavy (non-hydrogen) atoms. The van der Waals surface area contributed by atoms with Crippen LogP contribution in [0.3, 0.4) is 0 Å². The van der Waals surface area contributed by atoms with Crippen LogP contribution < -0.4 is 10.1 Å². The first-order valence-electron chi connectivity index (χ1n) is 7.74. The number of benzene rings is 1. The van der Waals surface area contributed by atoms with Crippen molar-refractivity contribution in [3.05, 3.63) is 59.1 Å². The molecule has 8 heteroatoms. The highest BCUT2D eigenvalue weighted by Gasteiger charge is 2.16. The van der Waals surface area contributed by atoms with Crippen LogP contribution in [0, 0.1) is 6.92 Å². The Bertz CT molecular complexity index is 856. The van der Waals surface area contributed by atoms with Crippen LogP contribution in [0.1, 0.15) is 18.5 Å². The highest BCUT2D eigenvalue weighted by molar-refractivity contribution is 9.10. The van der Waals surface area contributed by atoms with E-state index in [0.29, 0.717) is 5.69 Å². The van der Waals surface area contributed by atoms with Crippen LogP contribution in [0.25, 0.3) is 0 Å². The molecule has 1 aromatic carbocycles. The zero-order chi connectivity index (χ0) is 17.8. The minimum atomic E-state index is -0.406. The Balaban J connectivity index is 1.55. The van der Waals surface area contributed by atoms with Crippen molar-refractivity contribution >= 4 is 27.5 Å². The van der Waals surface area contributed by atoms with E-state index in [9.17, 15) is 4.79 Å². The van der Waals surface area contributed by atoms with Gasteiger partial charge in [0.15, 0.2) is 6.73 Å². The van der Waals surface area contributed by atoms with Gasteiger partial charge in [0.05, 0.1) is 24.3 Å². The van der Waals surface area contributed by atoms with Crippen LogP contribution in [0.4, 0.5) is 5.69 Å². The zero-order valence-electron chi connectivity index (χ0n) is 13.9. The van der Waals surface area contributed by atoms with Gasteiger partial charge >= 0.3 is 0 Å². The number of ether oxygens (including phenoxy) is 1. The maximum Gasteiger partial charge on any atom is 0.249 e. The van der Waals surface area contributed by atoms with E-state index in [4.69, 9.17) is 4.74 Å². The molecule has 0 fully saturated rings. The van der Waals surface area contributed by atoms with E-state index in [1.807, 2.05) is 37.4 Å². The molecule has 0 radical (unpaired) electrons. The molecular formula is C17H18BrN5O2. The van der Waals surface area contributed by atoms with E-state index < -0.39 is 6.04 Å². The van der Waals surface area contributed by atoms with Gasteiger partial charge < -0.3 is 10.1 Å². The second-order valence-electron chi connectivity index (χ2n) is 5.66. The standard InChI is InChI=1S/C17H18BrN5O2/c1-12-7-20-23(9-12)13(2)17(24)21-15-8-19-22(10-15)11-25-16-5-3-14(18)4-6-16/h3-10,13H,11H2,1-2H3,(H,21,24). The number of amides is 1. The first-order chi connectivity index (χ1) is 12.0. The van der Waals surface area contributed by atoms with Crippen LogP contribution in [-0.2, 0) is 11.5 Å². The smallest absolute Gasteiger partial charge is 0.249 e. The Morgan fingerprint density at radius 3 is 2.68 bits per heavy atom. The van der Waals surface area contributed by atoms with Crippen molar-refractivity contribution in [1.82, 2.24) is 19.6 Å². The SMILES string of the molecule is Cc1cnn(C(C)C(=O)Nc2cnn(COc3ccc(Br)cc3)c2)c1. The van der Waals surface area contributed by atoms with Gasteiger partial charge in [0.25, 0.3) is 0 Å². The van der Waals surface area contributed by atoms with Crippen molar-refractivity contribution in [2.45, 2.75) is 26.6 Å². The van der Waals surface area contributed by atoms with Crippen molar-refractivity contribution in [1.29, 1.82) is 0 Å². The van der Waals surface area contributed by atoms with E-state index in [1.165, 1.54) is 0 Å². The van der Waals surface area contributed by atoms with Crippen LogP contribution >= 0.6 is 15.9 Å². The highest BCUT2D eigenvalue weighted by Crippen LogP contribution is 2.17. The number of aryl methyl sites for hydroxylation is 1. The molecule has 130 valence electrons. The molecule has 0 aliphatic rings. The molecule has 1 atom stereocenters. The Morgan fingerprint density at radius 1 is 1.24 bits per heavy atom. The van der Waals surface area contributed by atoms with E-state index in [-0.39, 0.29) is 12.6 Å². The lowest BCUT2D eigenvalue weighted by Crippen LogP contribution is -2.23. The van der Waals surface area contributed by atoms with Crippen molar-refractivity contribution < 1.29 is 9.53 Å². The van der Waals surface area contributed by atoms with Gasteiger partial charge in [-0.05, 0) is 43.7 Å². The lowest BCUT2D eigenvalue weighted by atomic mass is 10.3. The Kier molecular flexibility index (Phi) is 5.18. The van der Waals surface area contributed by atoms with E-state index in [0.717, 1.165) is 15.8 Å². The summed E-state index contributed by atoms with van der Waals surface area (Å²) in [6.07, 6.45) is 6.86. The third kappa shape index (κ3) is 4.48. The van der Waals surface area contributed by atoms with E-state index in [1.54, 1.807) is 34.9 Å². The predicted molar refractivity (Wildman–Crippen MR) is 97.3 cm³/mol. The number of carbonyl (C=O) groups excluding carboxylic acids is 1. The van der Waals surface area contributed by atoms with Gasteiger partial charge in [0, 0.05) is 10.7 Å². The van der Waals surface area contributed by atoms with Gasteiger partial charge in [-0.2, -0.15) is 10.2 Å². The van der Waals surface area contributed by atoms with Gasteiger partial charge in [-0.15, -0.1) is 0 Å². The number of nitrogens with one attached hydrogen (secondary N) is 1. The quantitative estimate of drug-likeness (QED) is 0.684. The molecule has 1 unspecified atom stereocenters. The normalized spacial score (nSPS) is 12.0. The van der Waals surface area contributed by atoms with Crippen LogP contribution in [0.15, 0.2) is 53.5 Å². The maximum atomic E-state index is 12.3. The van der Waals surface area contributed by atoms with Crippen molar-refractivity contribution in [3.8, 4) is 5.75 Å². The fourth-order valence-electron chi connectivity index (χ4n) is 2.18. The third-order valence-electron chi connectivity index (χ3n) is 3.58. The number of carbonyl (C=O) groups is 1. The lowest BCUT2D eigenvalue weighted by molar-refractivity contribution is -0.119. The monoisotopic (exact) mass is 403 g/mol. The molecule has 1 N–H and O–H groups in total. The predicted octanol–water partition coefficient (Wildman–Crippen LogP) is 3.39. The first-order valence-corrected chi connectivity index (χ1v) is 8.53. The fourth-order valence-corrected chi connectivity index (χ4v) is 2.45. The van der Waals surface area contributed by atoms with Gasteiger partial charge in [-0.25, -0.2) is 4.68 Å². The van der Waals surface area contributed by atoms with Crippen molar-refractivity contribution in [3.63, 3.8) is 0 Å². The molecule has 0 aliphatic carbocycles. The van der Waals surface area contributed by atoms with Crippen LogP contribution in [0.2, 0.25) is 0 Å². The maximum absolute atomic E-state index is 12.3. The molecule has 0 aliphatic heterocycles. The molecule has 1 amide bonds. The lowest BCUT2D eigenvalue weighted by Gasteiger charge is -2.11. The Labute approximate surface area is 153 Å². The van der Waals surface area contributed by atoms with Crippen molar-refractivity contribution in [2.24, 2.45) is 0 Å². The number of hydrogen-bond acceptors (Lipinski definition) is 4. The largest absolute Gasteiger partial charge is 0.471 e. The van der Waals surface area contributed by atoms with Crippen molar-refractivity contribution in [2.75, 3.05) is 5.32 Å². The van der Waals surface area contributed by atoms with Gasteiger partial charge in [0.1, 0.15) is 11.8 Å². The first kappa shape index (κ1) is 17.2. The van der Waals surface area contributed by atoms with Crippen LogP contribution in [0.5, 0.6) is 5.75 Å². The summed E-state index contributed by atoms with van der Waals surface area (Å²) in [5.74, 6) is 0.587. The molecule has 0 saturated carbocycles. The Morgan fingerprint density at radius 2 is 2.00 bits per heavy atom. The number of halogens is 1. The summed E-state index contributed by atoms with van der Waals surface area (Å²) in [5, 5.41) is 11.2. The Hall–Kier alpha value is -2.61. The zero-order valence-corrected chi connectivity index (χ0v) is 15.5. The number of nitrogens with zero attached hydrogens (tertiary/aromatic N) is 4. The summed E-state index contributed by atoms with van der Waals surface area (Å²) in [5.41, 5.74) is 1.62. The minimum absolute atomic E-state index is 0.156. The fraction of sp³-hybridized carbons (Fsp3) is 0.235. The molecule has 2 aromatic heterocycles. The molecule has 3 aromatic rings. The second kappa shape index (κ2) is 7.52. The topological polar surface area (TPSA) is 74.0 Å². The summed E-state index contributed by atoms with van der Waals surface area (Å²) in [6.45, 7) is 3.98. The molecule has 2 heterocycles. The number of rotatable bonds is 6. The second-order valence-corrected chi connectivity index (χ2v) is 6.57. The summed E-state index contributed by atoms with van der Waals surface area (Å²) in [4.78, 5) is 12.3. The van der Waals surface area contributed by atoms with Crippen LogP contribution in [-0.4, -0.2) is 25.5 Å². The van der Waals surface area contributed by atoms with Gasteiger partial charge in [0.2, 0.25) is 5.91 Å². The van der Waals surface area contributed by atoms with Gasteiger partial charge in [-0.1, -0.05) is 15.9 Å². The average molecular weight is 404 g/mol. The molecule has 0 spiro atoms. The average Bonchev–Trinajstić information content (AvgIpc) is 3.22. The highest BCUT2D eigenvalue weighted by atomic mass is 79.9. The van der Waals surface area contributed by atoms with Gasteiger partial charge in [-0.3, -0.25) is 9.48 Å².